The Labute approximate surface area is 68.4 Å². The zero-order valence-electron chi connectivity index (χ0n) is 5.86. The SMILES string of the molecule is Cc1cc(F)c(Cl)c(N)c1O. The van der Waals surface area contributed by atoms with Crippen LogP contribution in [0.5, 0.6) is 5.75 Å². The van der Waals surface area contributed by atoms with Crippen LogP contribution in [0.25, 0.3) is 0 Å². The van der Waals surface area contributed by atoms with Crippen LogP contribution in [0.15, 0.2) is 6.07 Å². The lowest BCUT2D eigenvalue weighted by Gasteiger charge is -2.04. The first kappa shape index (κ1) is 8.14. The van der Waals surface area contributed by atoms with Gasteiger partial charge in [0.2, 0.25) is 0 Å². The molecule has 1 aromatic carbocycles. The van der Waals surface area contributed by atoms with Gasteiger partial charge in [-0.05, 0) is 18.6 Å². The molecule has 0 aliphatic carbocycles. The van der Waals surface area contributed by atoms with Gasteiger partial charge < -0.3 is 10.8 Å². The molecule has 0 aromatic heterocycles. The summed E-state index contributed by atoms with van der Waals surface area (Å²) in [5.74, 6) is -0.768. The molecule has 0 radical (unpaired) electrons. The normalized spacial score (nSPS) is 10.1. The molecule has 0 amide bonds. The van der Waals surface area contributed by atoms with Gasteiger partial charge in [-0.1, -0.05) is 11.6 Å². The molecule has 1 rings (SSSR count). The number of nitrogen functional groups attached to an aromatic ring is 1. The maximum absolute atomic E-state index is 12.7. The topological polar surface area (TPSA) is 46.2 Å². The standard InChI is InChI=1S/C7H7ClFNO/c1-3-2-4(9)5(8)6(10)7(3)11/h2,11H,10H2,1H3. The summed E-state index contributed by atoms with van der Waals surface area (Å²) in [6, 6.07) is 1.13. The number of phenolic OH excluding ortho intramolecular Hbond substituents is 1. The summed E-state index contributed by atoms with van der Waals surface area (Å²) in [6.07, 6.45) is 0. The van der Waals surface area contributed by atoms with Gasteiger partial charge in [0.05, 0.1) is 5.69 Å². The van der Waals surface area contributed by atoms with Crippen LogP contribution in [-0.2, 0) is 0 Å². The lowest BCUT2D eigenvalue weighted by Crippen LogP contribution is -1.92. The van der Waals surface area contributed by atoms with Gasteiger partial charge in [-0.2, -0.15) is 0 Å². The van der Waals surface area contributed by atoms with E-state index in [9.17, 15) is 4.39 Å². The van der Waals surface area contributed by atoms with Crippen molar-refractivity contribution in [3.63, 3.8) is 0 Å². The summed E-state index contributed by atoms with van der Waals surface area (Å²) in [5, 5.41) is 8.91. The minimum absolute atomic E-state index is 0.107. The van der Waals surface area contributed by atoms with E-state index in [0.717, 1.165) is 6.07 Å². The molecule has 0 heterocycles. The fourth-order valence-electron chi connectivity index (χ4n) is 0.767. The summed E-state index contributed by atoms with van der Waals surface area (Å²) in [4.78, 5) is 0. The number of aryl methyl sites for hydroxylation is 1. The van der Waals surface area contributed by atoms with Crippen molar-refractivity contribution < 1.29 is 9.50 Å². The average molecular weight is 176 g/mol. The molecule has 0 saturated carbocycles. The van der Waals surface area contributed by atoms with Crippen LogP contribution in [0.4, 0.5) is 10.1 Å². The second-order valence-electron chi connectivity index (χ2n) is 2.25. The lowest BCUT2D eigenvalue weighted by molar-refractivity contribution is 0.471. The highest BCUT2D eigenvalue weighted by molar-refractivity contribution is 6.33. The molecule has 0 saturated heterocycles. The number of benzene rings is 1. The maximum atomic E-state index is 12.7. The van der Waals surface area contributed by atoms with Crippen molar-refractivity contribution >= 4 is 17.3 Å². The second-order valence-corrected chi connectivity index (χ2v) is 2.63. The predicted octanol–water partition coefficient (Wildman–Crippen LogP) is 2.08. The van der Waals surface area contributed by atoms with Gasteiger partial charge in [-0.15, -0.1) is 0 Å². The Kier molecular flexibility index (Phi) is 1.91. The number of halogens is 2. The highest BCUT2D eigenvalue weighted by atomic mass is 35.5. The number of rotatable bonds is 0. The summed E-state index contributed by atoms with van der Waals surface area (Å²) >= 11 is 5.39. The fourth-order valence-corrected chi connectivity index (χ4v) is 0.911. The lowest BCUT2D eigenvalue weighted by atomic mass is 10.2. The van der Waals surface area contributed by atoms with E-state index in [-0.39, 0.29) is 16.5 Å². The van der Waals surface area contributed by atoms with Crippen molar-refractivity contribution in [2.45, 2.75) is 6.92 Å². The smallest absolute Gasteiger partial charge is 0.144 e. The molecule has 0 fully saturated rings. The number of hydrogen-bond acceptors (Lipinski definition) is 2. The maximum Gasteiger partial charge on any atom is 0.144 e. The molecule has 11 heavy (non-hydrogen) atoms. The molecule has 0 aliphatic rings. The minimum Gasteiger partial charge on any atom is -0.505 e. The first-order valence-electron chi connectivity index (χ1n) is 2.97. The zero-order chi connectivity index (χ0) is 8.59. The molecule has 2 nitrogen and oxygen atoms in total. The number of hydrogen-bond donors (Lipinski definition) is 2. The zero-order valence-corrected chi connectivity index (χ0v) is 6.61. The molecule has 4 heteroatoms. The average Bonchev–Trinajstić information content (AvgIpc) is 1.97. The number of nitrogens with two attached hydrogens (primary N) is 1. The van der Waals surface area contributed by atoms with E-state index >= 15 is 0 Å². The molecule has 0 unspecified atom stereocenters. The first-order valence-corrected chi connectivity index (χ1v) is 3.35. The van der Waals surface area contributed by atoms with Gasteiger partial charge in [0.1, 0.15) is 16.6 Å². The van der Waals surface area contributed by atoms with Gasteiger partial charge in [-0.3, -0.25) is 0 Å². The van der Waals surface area contributed by atoms with Gasteiger partial charge in [0.25, 0.3) is 0 Å². The highest BCUT2D eigenvalue weighted by Gasteiger charge is 2.10. The van der Waals surface area contributed by atoms with Crippen LogP contribution in [0.2, 0.25) is 5.02 Å². The Balaban J connectivity index is 3.46. The largest absolute Gasteiger partial charge is 0.505 e. The van der Waals surface area contributed by atoms with Crippen LogP contribution in [-0.4, -0.2) is 5.11 Å². The molecular weight excluding hydrogens is 169 g/mol. The minimum atomic E-state index is -0.612. The van der Waals surface area contributed by atoms with E-state index in [1.165, 1.54) is 0 Å². The quantitative estimate of drug-likeness (QED) is 0.469. The van der Waals surface area contributed by atoms with Crippen LogP contribution >= 0.6 is 11.6 Å². The number of phenols is 1. The van der Waals surface area contributed by atoms with E-state index in [1.54, 1.807) is 6.92 Å². The van der Waals surface area contributed by atoms with E-state index < -0.39 is 5.82 Å². The Morgan fingerprint density at radius 2 is 2.18 bits per heavy atom. The van der Waals surface area contributed by atoms with E-state index in [1.807, 2.05) is 0 Å². The third-order valence-electron chi connectivity index (χ3n) is 1.42. The Morgan fingerprint density at radius 1 is 1.64 bits per heavy atom. The molecule has 0 aliphatic heterocycles. The molecule has 1 aromatic rings. The third-order valence-corrected chi connectivity index (χ3v) is 1.80. The summed E-state index contributed by atoms with van der Waals surface area (Å²) in [7, 11) is 0. The number of anilines is 1. The van der Waals surface area contributed by atoms with Crippen LogP contribution < -0.4 is 5.73 Å². The molecular formula is C7H7ClFNO. The third kappa shape index (κ3) is 1.24. The summed E-state index contributed by atoms with van der Waals surface area (Å²) in [5.41, 5.74) is 5.53. The monoisotopic (exact) mass is 175 g/mol. The van der Waals surface area contributed by atoms with Gasteiger partial charge in [0, 0.05) is 0 Å². The van der Waals surface area contributed by atoms with Crippen molar-refractivity contribution in [1.82, 2.24) is 0 Å². The van der Waals surface area contributed by atoms with Crippen LogP contribution in [0.1, 0.15) is 5.56 Å². The van der Waals surface area contributed by atoms with Gasteiger partial charge in [0.15, 0.2) is 0 Å². The van der Waals surface area contributed by atoms with E-state index in [4.69, 9.17) is 22.4 Å². The fraction of sp³-hybridized carbons (Fsp3) is 0.143. The van der Waals surface area contributed by atoms with Gasteiger partial charge >= 0.3 is 0 Å². The van der Waals surface area contributed by atoms with Crippen molar-refractivity contribution in [2.75, 3.05) is 5.73 Å². The summed E-state index contributed by atoms with van der Waals surface area (Å²) < 4.78 is 12.7. The van der Waals surface area contributed by atoms with E-state index in [2.05, 4.69) is 0 Å². The first-order chi connectivity index (χ1) is 5.04. The Hall–Kier alpha value is -0.960. The van der Waals surface area contributed by atoms with Crippen molar-refractivity contribution in [3.05, 3.63) is 22.5 Å². The second kappa shape index (κ2) is 2.58. The molecule has 3 N–H and O–H groups in total. The van der Waals surface area contributed by atoms with Crippen LogP contribution in [0.3, 0.4) is 0 Å². The van der Waals surface area contributed by atoms with E-state index in [0.29, 0.717) is 5.56 Å². The molecule has 0 spiro atoms. The van der Waals surface area contributed by atoms with Crippen LogP contribution in [0, 0.1) is 12.7 Å². The van der Waals surface area contributed by atoms with Crippen molar-refractivity contribution in [1.29, 1.82) is 0 Å². The molecule has 0 bridgehead atoms. The Bertz CT molecular complexity index is 275. The highest BCUT2D eigenvalue weighted by Crippen LogP contribution is 2.33. The van der Waals surface area contributed by atoms with Crippen molar-refractivity contribution in [2.24, 2.45) is 0 Å². The van der Waals surface area contributed by atoms with Gasteiger partial charge in [-0.25, -0.2) is 4.39 Å². The molecule has 60 valence electrons. The summed E-state index contributed by atoms with van der Waals surface area (Å²) in [6.45, 7) is 1.55. The Morgan fingerprint density at radius 3 is 2.73 bits per heavy atom. The molecule has 0 atom stereocenters. The predicted molar refractivity (Wildman–Crippen MR) is 42.2 cm³/mol. The van der Waals surface area contributed by atoms with Crippen molar-refractivity contribution in [3.8, 4) is 5.75 Å². The number of aromatic hydroxyl groups is 1.